The number of benzene rings is 1. The molecule has 1 aromatic heterocycles. The minimum Gasteiger partial charge on any atom is -0.497 e. The fraction of sp³-hybridized carbons (Fsp3) is 0.441. The first-order valence-corrected chi connectivity index (χ1v) is 13.7. The maximum absolute atomic E-state index is 7.59. The highest BCUT2D eigenvalue weighted by molar-refractivity contribution is 6.09. The average Bonchev–Trinajstić information content (AvgIpc) is 2.92. The predicted octanol–water partition coefficient (Wildman–Crippen LogP) is 8.88. The zero-order chi connectivity index (χ0) is 29.8. The van der Waals surface area contributed by atoms with Gasteiger partial charge in [0.1, 0.15) is 11.5 Å². The summed E-state index contributed by atoms with van der Waals surface area (Å²) in [4.78, 5) is 4.30. The summed E-state index contributed by atoms with van der Waals surface area (Å²) >= 11 is 0. The van der Waals surface area contributed by atoms with E-state index in [4.69, 9.17) is 20.3 Å². The molecule has 0 saturated carbocycles. The van der Waals surface area contributed by atoms with E-state index in [0.717, 1.165) is 58.7 Å². The van der Waals surface area contributed by atoms with Crippen LogP contribution in [-0.4, -0.2) is 31.1 Å². The number of rotatable bonds is 9. The SMILES string of the molecule is CC(=N)c1cnc(C(C=N)=C(C)C)cc1C.CCC#C/C=C\C(C)CC.CCCc1cc(OC)ccc1OC. The van der Waals surface area contributed by atoms with Crippen LogP contribution < -0.4 is 9.47 Å². The highest BCUT2D eigenvalue weighted by Gasteiger charge is 2.07. The summed E-state index contributed by atoms with van der Waals surface area (Å²) in [5.74, 6) is 8.47. The van der Waals surface area contributed by atoms with E-state index < -0.39 is 0 Å². The largest absolute Gasteiger partial charge is 0.497 e. The Bertz CT molecular complexity index is 1160. The van der Waals surface area contributed by atoms with Crippen LogP contribution in [0.15, 0.2) is 48.2 Å². The summed E-state index contributed by atoms with van der Waals surface area (Å²) in [7, 11) is 3.37. The van der Waals surface area contributed by atoms with E-state index >= 15 is 0 Å². The predicted molar refractivity (Wildman–Crippen MR) is 169 cm³/mol. The maximum atomic E-state index is 7.59. The van der Waals surface area contributed by atoms with Crippen molar-refractivity contribution in [1.82, 2.24) is 4.98 Å². The summed E-state index contributed by atoms with van der Waals surface area (Å²) in [6, 6.07) is 7.82. The molecule has 1 atom stereocenters. The second-order valence-electron chi connectivity index (χ2n) is 9.41. The molecular weight excluding hydrogens is 482 g/mol. The number of aromatic nitrogens is 1. The molecule has 0 radical (unpaired) electrons. The topological polar surface area (TPSA) is 79.1 Å². The van der Waals surface area contributed by atoms with Gasteiger partial charge in [0.15, 0.2) is 0 Å². The van der Waals surface area contributed by atoms with Gasteiger partial charge in [0.05, 0.1) is 19.9 Å². The smallest absolute Gasteiger partial charge is 0.122 e. The van der Waals surface area contributed by atoms with E-state index in [1.165, 1.54) is 18.2 Å². The molecule has 0 amide bonds. The lowest BCUT2D eigenvalue weighted by atomic mass is 10.0. The Hall–Kier alpha value is -3.65. The number of aryl methyl sites for hydroxylation is 2. The van der Waals surface area contributed by atoms with Crippen molar-refractivity contribution in [2.75, 3.05) is 14.2 Å². The van der Waals surface area contributed by atoms with E-state index in [1.807, 2.05) is 51.1 Å². The van der Waals surface area contributed by atoms with Gasteiger partial charge in [-0.2, -0.15) is 0 Å². The first-order valence-electron chi connectivity index (χ1n) is 13.7. The quantitative estimate of drug-likeness (QED) is 0.250. The van der Waals surface area contributed by atoms with Gasteiger partial charge < -0.3 is 20.3 Å². The molecule has 0 bridgehead atoms. The van der Waals surface area contributed by atoms with E-state index in [1.54, 1.807) is 27.3 Å². The number of allylic oxidation sites excluding steroid dienone is 4. The monoisotopic (exact) mass is 531 g/mol. The molecule has 212 valence electrons. The normalized spacial score (nSPS) is 10.5. The van der Waals surface area contributed by atoms with Crippen LogP contribution in [0, 0.1) is 35.5 Å². The summed E-state index contributed by atoms with van der Waals surface area (Å²) in [5, 5.41) is 15.0. The third kappa shape index (κ3) is 13.6. The third-order valence-corrected chi connectivity index (χ3v) is 5.91. The Labute approximate surface area is 237 Å². The van der Waals surface area contributed by atoms with Crippen LogP contribution in [0.1, 0.15) is 90.1 Å². The van der Waals surface area contributed by atoms with E-state index in [2.05, 4.69) is 50.6 Å². The summed E-state index contributed by atoms with van der Waals surface area (Å²) in [6.45, 7) is 16.2. The molecule has 2 N–H and O–H groups in total. The molecule has 0 saturated heterocycles. The van der Waals surface area contributed by atoms with Gasteiger partial charge in [0, 0.05) is 35.7 Å². The third-order valence-electron chi connectivity index (χ3n) is 5.91. The van der Waals surface area contributed by atoms with E-state index in [9.17, 15) is 0 Å². The Morgan fingerprint density at radius 1 is 1.08 bits per heavy atom. The standard InChI is InChI=1S/C13H17N3.C11H16O2.C10H16/c1-8(2)11(6-14)13-5-9(3)12(7-16-13)10(4)15;1-4-5-9-8-10(12-2)6-7-11(9)13-3;1-4-6-7-8-9-10(3)5-2/h5-7,14-15H,1-4H3;6-8H,4-5H2,1-3H3;8-10H,4-5H2,1-3H3/b;;9-8-. The molecular formula is C34H49N3O2. The van der Waals surface area contributed by atoms with Gasteiger partial charge >= 0.3 is 0 Å². The second-order valence-corrected chi connectivity index (χ2v) is 9.41. The fourth-order valence-electron chi connectivity index (χ4n) is 3.43. The van der Waals surface area contributed by atoms with Crippen molar-refractivity contribution in [2.24, 2.45) is 5.92 Å². The zero-order valence-electron chi connectivity index (χ0n) is 25.8. The van der Waals surface area contributed by atoms with E-state index in [0.29, 0.717) is 11.6 Å². The van der Waals surface area contributed by atoms with Crippen LogP contribution in [0.2, 0.25) is 0 Å². The number of nitrogens with zero attached hydrogens (tertiary/aromatic N) is 1. The molecule has 2 aromatic rings. The van der Waals surface area contributed by atoms with Crippen molar-refractivity contribution < 1.29 is 9.47 Å². The molecule has 2 rings (SSSR count). The maximum Gasteiger partial charge on any atom is 0.122 e. The number of pyridine rings is 1. The van der Waals surface area contributed by atoms with Crippen molar-refractivity contribution in [2.45, 2.75) is 81.1 Å². The molecule has 0 fully saturated rings. The van der Waals surface area contributed by atoms with Crippen molar-refractivity contribution in [3.05, 3.63) is 70.6 Å². The van der Waals surface area contributed by atoms with Crippen LogP contribution in [-0.2, 0) is 6.42 Å². The number of methoxy groups -OCH3 is 2. The molecule has 5 nitrogen and oxygen atoms in total. The van der Waals surface area contributed by atoms with Gasteiger partial charge in [-0.25, -0.2) is 0 Å². The second kappa shape index (κ2) is 20.3. The van der Waals surface area contributed by atoms with Crippen LogP contribution in [0.25, 0.3) is 5.57 Å². The zero-order valence-corrected chi connectivity index (χ0v) is 25.8. The molecule has 1 unspecified atom stereocenters. The lowest BCUT2D eigenvalue weighted by molar-refractivity contribution is 0.398. The highest BCUT2D eigenvalue weighted by atomic mass is 16.5. The Morgan fingerprint density at radius 3 is 2.23 bits per heavy atom. The van der Waals surface area contributed by atoms with Gasteiger partial charge in [-0.15, -0.1) is 0 Å². The van der Waals surface area contributed by atoms with Crippen LogP contribution in [0.3, 0.4) is 0 Å². The van der Waals surface area contributed by atoms with Crippen LogP contribution in [0.4, 0.5) is 0 Å². The van der Waals surface area contributed by atoms with Crippen LogP contribution in [0.5, 0.6) is 11.5 Å². The molecule has 5 heteroatoms. The lowest BCUT2D eigenvalue weighted by Gasteiger charge is -2.09. The fourth-order valence-corrected chi connectivity index (χ4v) is 3.43. The Morgan fingerprint density at radius 2 is 1.77 bits per heavy atom. The number of ether oxygens (including phenoxy) is 2. The molecule has 1 heterocycles. The minimum absolute atomic E-state index is 0.519. The first kappa shape index (κ1) is 35.4. The van der Waals surface area contributed by atoms with Crippen molar-refractivity contribution in [3.63, 3.8) is 0 Å². The number of hydrogen-bond donors (Lipinski definition) is 2. The van der Waals surface area contributed by atoms with Crippen molar-refractivity contribution >= 4 is 17.5 Å². The molecule has 0 aliphatic heterocycles. The highest BCUT2D eigenvalue weighted by Crippen LogP contribution is 2.24. The molecule has 0 spiro atoms. The summed E-state index contributed by atoms with van der Waals surface area (Å²) < 4.78 is 10.4. The number of nitrogens with one attached hydrogen (secondary N) is 2. The Balaban J connectivity index is 0.000000572. The van der Waals surface area contributed by atoms with Gasteiger partial charge in [-0.05, 0) is 81.5 Å². The molecule has 0 aliphatic carbocycles. The molecule has 39 heavy (non-hydrogen) atoms. The van der Waals surface area contributed by atoms with E-state index in [-0.39, 0.29) is 0 Å². The lowest BCUT2D eigenvalue weighted by Crippen LogP contribution is -2.01. The van der Waals surface area contributed by atoms with Gasteiger partial charge in [-0.3, -0.25) is 4.98 Å². The first-order chi connectivity index (χ1) is 18.6. The molecule has 0 aliphatic rings. The van der Waals surface area contributed by atoms with Gasteiger partial charge in [0.25, 0.3) is 0 Å². The van der Waals surface area contributed by atoms with Crippen LogP contribution >= 0.6 is 0 Å². The van der Waals surface area contributed by atoms with Gasteiger partial charge in [-0.1, -0.05) is 64.0 Å². The number of hydrogen-bond acceptors (Lipinski definition) is 5. The van der Waals surface area contributed by atoms with Crippen molar-refractivity contribution in [1.29, 1.82) is 10.8 Å². The summed E-state index contributed by atoms with van der Waals surface area (Å²) in [5.41, 5.74) is 6.34. The minimum atomic E-state index is 0.519. The van der Waals surface area contributed by atoms with Gasteiger partial charge in [0.2, 0.25) is 0 Å². The molecule has 1 aromatic carbocycles. The van der Waals surface area contributed by atoms with Crippen molar-refractivity contribution in [3.8, 4) is 23.3 Å². The average molecular weight is 532 g/mol. The Kier molecular flexibility index (Phi) is 18.4. The summed E-state index contributed by atoms with van der Waals surface area (Å²) in [6.07, 6.45) is 11.4.